The van der Waals surface area contributed by atoms with Gasteiger partial charge in [0.15, 0.2) is 6.29 Å². The van der Waals surface area contributed by atoms with Crippen molar-refractivity contribution in [1.29, 1.82) is 0 Å². The molecule has 3 rings (SSSR count). The second-order valence-electron chi connectivity index (χ2n) is 6.20. The third-order valence-electron chi connectivity index (χ3n) is 4.24. The maximum atomic E-state index is 12.8. The molecule has 26 heavy (non-hydrogen) atoms. The third-order valence-corrected chi connectivity index (χ3v) is 4.24. The molecule has 136 valence electrons. The number of rotatable bonds is 7. The molecule has 1 aliphatic heterocycles. The van der Waals surface area contributed by atoms with Gasteiger partial charge in [0.25, 0.3) is 5.91 Å². The molecule has 1 unspecified atom stereocenters. The van der Waals surface area contributed by atoms with Gasteiger partial charge < -0.3 is 9.47 Å². The number of anilines is 2. The molecular weight excluding hydrogens is 326 g/mol. The lowest BCUT2D eigenvalue weighted by atomic mass is 10.2. The van der Waals surface area contributed by atoms with Crippen molar-refractivity contribution in [3.8, 4) is 0 Å². The maximum absolute atomic E-state index is 12.8. The Labute approximate surface area is 155 Å². The molecule has 0 aliphatic carbocycles. The summed E-state index contributed by atoms with van der Waals surface area (Å²) in [6.45, 7) is 1.34. The minimum Gasteiger partial charge on any atom is -0.353 e. The lowest BCUT2D eigenvalue weighted by molar-refractivity contribution is -0.161. The van der Waals surface area contributed by atoms with Gasteiger partial charge >= 0.3 is 0 Å². The standard InChI is InChI=1S/C22H25NO3/c24-21(15-7-9-17-25-22-16-8-10-18-26-22)23(19-11-3-1-4-12-19)20-13-5-2-6-14-20/h1-7,11-15,22H,8-10,16-18H2/b15-7+. The summed E-state index contributed by atoms with van der Waals surface area (Å²) in [5, 5.41) is 0. The molecule has 0 N–H and O–H groups in total. The van der Waals surface area contributed by atoms with Crippen molar-refractivity contribution in [2.45, 2.75) is 32.0 Å². The predicted molar refractivity (Wildman–Crippen MR) is 103 cm³/mol. The summed E-state index contributed by atoms with van der Waals surface area (Å²) in [5.41, 5.74) is 1.69. The van der Waals surface area contributed by atoms with E-state index in [4.69, 9.17) is 9.47 Å². The van der Waals surface area contributed by atoms with Crippen molar-refractivity contribution < 1.29 is 14.3 Å². The molecule has 4 heteroatoms. The zero-order valence-corrected chi connectivity index (χ0v) is 14.9. The van der Waals surface area contributed by atoms with Gasteiger partial charge in [-0.1, -0.05) is 42.5 Å². The Morgan fingerprint density at radius 2 is 1.69 bits per heavy atom. The zero-order valence-electron chi connectivity index (χ0n) is 14.9. The van der Waals surface area contributed by atoms with Crippen LogP contribution in [0.25, 0.3) is 0 Å². The van der Waals surface area contributed by atoms with Crippen molar-refractivity contribution in [3.63, 3.8) is 0 Å². The van der Waals surface area contributed by atoms with Gasteiger partial charge in [0, 0.05) is 18.0 Å². The van der Waals surface area contributed by atoms with Gasteiger partial charge in [-0.15, -0.1) is 0 Å². The van der Waals surface area contributed by atoms with Gasteiger partial charge in [-0.25, -0.2) is 0 Å². The van der Waals surface area contributed by atoms with Crippen LogP contribution < -0.4 is 4.90 Å². The first-order chi connectivity index (χ1) is 12.8. The molecule has 0 aromatic heterocycles. The molecule has 1 aliphatic rings. The molecule has 1 fully saturated rings. The predicted octanol–water partition coefficient (Wildman–Crippen LogP) is 4.84. The molecule has 0 radical (unpaired) electrons. The summed E-state index contributed by atoms with van der Waals surface area (Å²) in [4.78, 5) is 14.5. The largest absolute Gasteiger partial charge is 0.353 e. The number of hydrogen-bond donors (Lipinski definition) is 0. The Morgan fingerprint density at radius 1 is 1.04 bits per heavy atom. The normalized spacial score (nSPS) is 17.3. The van der Waals surface area contributed by atoms with Crippen LogP contribution in [0.2, 0.25) is 0 Å². The van der Waals surface area contributed by atoms with Gasteiger partial charge in [-0.2, -0.15) is 0 Å². The molecule has 0 spiro atoms. The highest BCUT2D eigenvalue weighted by atomic mass is 16.7. The van der Waals surface area contributed by atoms with E-state index in [0.717, 1.165) is 37.2 Å². The van der Waals surface area contributed by atoms with E-state index in [1.807, 2.05) is 66.7 Å². The number of hydrogen-bond acceptors (Lipinski definition) is 3. The Balaban J connectivity index is 1.59. The lowest BCUT2D eigenvalue weighted by Crippen LogP contribution is -2.24. The van der Waals surface area contributed by atoms with E-state index in [0.29, 0.717) is 13.0 Å². The van der Waals surface area contributed by atoms with Crippen molar-refractivity contribution in [2.75, 3.05) is 18.1 Å². The quantitative estimate of drug-likeness (QED) is 0.529. The van der Waals surface area contributed by atoms with Crippen LogP contribution in [0, 0.1) is 0 Å². The molecule has 1 amide bonds. The fraction of sp³-hybridized carbons (Fsp3) is 0.318. The third kappa shape index (κ3) is 5.28. The Bertz CT molecular complexity index is 654. The minimum atomic E-state index is -0.0852. The molecule has 0 bridgehead atoms. The van der Waals surface area contributed by atoms with E-state index in [1.165, 1.54) is 0 Å². The van der Waals surface area contributed by atoms with Crippen molar-refractivity contribution in [1.82, 2.24) is 0 Å². The van der Waals surface area contributed by atoms with Crippen LogP contribution in [0.4, 0.5) is 11.4 Å². The number of carbonyl (C=O) groups is 1. The maximum Gasteiger partial charge on any atom is 0.255 e. The Hall–Kier alpha value is -2.43. The van der Waals surface area contributed by atoms with Crippen molar-refractivity contribution in [2.24, 2.45) is 0 Å². The van der Waals surface area contributed by atoms with Crippen molar-refractivity contribution in [3.05, 3.63) is 72.8 Å². The van der Waals surface area contributed by atoms with E-state index in [9.17, 15) is 4.79 Å². The second kappa shape index (κ2) is 9.90. The van der Waals surface area contributed by atoms with Gasteiger partial charge in [0.05, 0.1) is 6.61 Å². The molecule has 1 saturated heterocycles. The monoisotopic (exact) mass is 351 g/mol. The fourth-order valence-corrected chi connectivity index (χ4v) is 2.93. The highest BCUT2D eigenvalue weighted by molar-refractivity contribution is 6.06. The van der Waals surface area contributed by atoms with Crippen LogP contribution in [-0.2, 0) is 14.3 Å². The highest BCUT2D eigenvalue weighted by Crippen LogP contribution is 2.25. The fourth-order valence-electron chi connectivity index (χ4n) is 2.93. The number of nitrogens with zero attached hydrogens (tertiary/aromatic N) is 1. The number of ether oxygens (including phenoxy) is 2. The molecule has 1 heterocycles. The minimum absolute atomic E-state index is 0.0729. The molecule has 1 atom stereocenters. The van der Waals surface area contributed by atoms with Crippen LogP contribution in [0.3, 0.4) is 0 Å². The first-order valence-electron chi connectivity index (χ1n) is 9.18. The SMILES string of the molecule is O=C(/C=C/CCOC1CCCCO1)N(c1ccccc1)c1ccccc1. The van der Waals surface area contributed by atoms with Gasteiger partial charge in [-0.3, -0.25) is 9.69 Å². The van der Waals surface area contributed by atoms with Crippen LogP contribution >= 0.6 is 0 Å². The average molecular weight is 351 g/mol. The van der Waals surface area contributed by atoms with E-state index in [2.05, 4.69) is 0 Å². The summed E-state index contributed by atoms with van der Waals surface area (Å²) in [5.74, 6) is -0.0729. The van der Waals surface area contributed by atoms with Crippen molar-refractivity contribution >= 4 is 17.3 Å². The number of carbonyl (C=O) groups excluding carboxylic acids is 1. The van der Waals surface area contributed by atoms with Crippen LogP contribution in [-0.4, -0.2) is 25.4 Å². The Morgan fingerprint density at radius 3 is 2.27 bits per heavy atom. The molecule has 0 saturated carbocycles. The Kier molecular flexibility index (Phi) is 6.99. The van der Waals surface area contributed by atoms with Crippen LogP contribution in [0.15, 0.2) is 72.8 Å². The highest BCUT2D eigenvalue weighted by Gasteiger charge is 2.15. The summed E-state index contributed by atoms with van der Waals surface area (Å²) in [7, 11) is 0. The summed E-state index contributed by atoms with van der Waals surface area (Å²) >= 11 is 0. The van der Waals surface area contributed by atoms with E-state index >= 15 is 0 Å². The van der Waals surface area contributed by atoms with Crippen LogP contribution in [0.1, 0.15) is 25.7 Å². The lowest BCUT2D eigenvalue weighted by Gasteiger charge is -2.22. The van der Waals surface area contributed by atoms with E-state index in [1.54, 1.807) is 11.0 Å². The van der Waals surface area contributed by atoms with Crippen LogP contribution in [0.5, 0.6) is 0 Å². The van der Waals surface area contributed by atoms with Gasteiger partial charge in [-0.05, 0) is 56.0 Å². The van der Waals surface area contributed by atoms with Gasteiger partial charge in [0.2, 0.25) is 0 Å². The second-order valence-corrected chi connectivity index (χ2v) is 6.20. The summed E-state index contributed by atoms with van der Waals surface area (Å²) < 4.78 is 11.2. The number of amides is 1. The molecular formula is C22H25NO3. The molecule has 4 nitrogen and oxygen atoms in total. The van der Waals surface area contributed by atoms with E-state index < -0.39 is 0 Å². The molecule has 2 aromatic rings. The first-order valence-corrected chi connectivity index (χ1v) is 9.18. The summed E-state index contributed by atoms with van der Waals surface area (Å²) in [6, 6.07) is 19.3. The number of para-hydroxylation sites is 2. The smallest absolute Gasteiger partial charge is 0.255 e. The zero-order chi connectivity index (χ0) is 18.0. The topological polar surface area (TPSA) is 38.8 Å². The average Bonchev–Trinajstić information content (AvgIpc) is 2.70. The first kappa shape index (κ1) is 18.4. The van der Waals surface area contributed by atoms with E-state index in [-0.39, 0.29) is 12.2 Å². The van der Waals surface area contributed by atoms with Gasteiger partial charge in [0.1, 0.15) is 0 Å². The number of benzene rings is 2. The molecule has 2 aromatic carbocycles. The summed E-state index contributed by atoms with van der Waals surface area (Å²) in [6.07, 6.45) is 7.31.